The van der Waals surface area contributed by atoms with E-state index in [1.54, 1.807) is 0 Å². The van der Waals surface area contributed by atoms with Gasteiger partial charge in [-0.1, -0.05) is 19.9 Å². The van der Waals surface area contributed by atoms with Crippen molar-refractivity contribution >= 4 is 11.6 Å². The van der Waals surface area contributed by atoms with Crippen LogP contribution >= 0.6 is 0 Å². The zero-order valence-corrected chi connectivity index (χ0v) is 13.0. The van der Waals surface area contributed by atoms with Gasteiger partial charge in [-0.25, -0.2) is 0 Å². The summed E-state index contributed by atoms with van der Waals surface area (Å²) in [7, 11) is 0. The first kappa shape index (κ1) is 15.8. The van der Waals surface area contributed by atoms with Crippen LogP contribution in [0.5, 0.6) is 5.75 Å². The van der Waals surface area contributed by atoms with Crippen LogP contribution in [0.1, 0.15) is 39.5 Å². The molecule has 2 rings (SSSR count). The average molecular weight is 290 g/mol. The Morgan fingerprint density at radius 2 is 2.24 bits per heavy atom. The predicted molar refractivity (Wildman–Crippen MR) is 85.3 cm³/mol. The van der Waals surface area contributed by atoms with Crippen LogP contribution in [0.15, 0.2) is 24.3 Å². The fourth-order valence-corrected chi connectivity index (χ4v) is 2.57. The van der Waals surface area contributed by atoms with Crippen molar-refractivity contribution in [1.82, 2.24) is 0 Å². The lowest BCUT2D eigenvalue weighted by atomic mass is 10.1. The number of nitrogens with two attached hydrogens (primary N) is 1. The summed E-state index contributed by atoms with van der Waals surface area (Å²) in [5.74, 6) is 1.55. The maximum absolute atomic E-state index is 12.2. The van der Waals surface area contributed by atoms with Gasteiger partial charge in [0.2, 0.25) is 5.91 Å². The highest BCUT2D eigenvalue weighted by molar-refractivity contribution is 5.92. The number of rotatable bonds is 6. The molecule has 0 spiro atoms. The fourth-order valence-electron chi connectivity index (χ4n) is 2.57. The van der Waals surface area contributed by atoms with Crippen molar-refractivity contribution in [3.63, 3.8) is 0 Å². The molecule has 2 atom stereocenters. The molecule has 2 unspecified atom stereocenters. The first-order valence-electron chi connectivity index (χ1n) is 7.84. The van der Waals surface area contributed by atoms with Gasteiger partial charge in [-0.05, 0) is 43.7 Å². The van der Waals surface area contributed by atoms with E-state index in [1.807, 2.05) is 24.3 Å². The quantitative estimate of drug-likeness (QED) is 0.845. The minimum Gasteiger partial charge on any atom is -0.494 e. The Bertz CT molecular complexity index is 474. The van der Waals surface area contributed by atoms with Crippen LogP contribution in [0.3, 0.4) is 0 Å². The van der Waals surface area contributed by atoms with E-state index in [9.17, 15) is 4.79 Å². The van der Waals surface area contributed by atoms with Gasteiger partial charge in [0, 0.05) is 23.7 Å². The first-order valence-corrected chi connectivity index (χ1v) is 7.84. The lowest BCUT2D eigenvalue weighted by molar-refractivity contribution is -0.119. The highest BCUT2D eigenvalue weighted by Crippen LogP contribution is 2.26. The molecule has 1 aliphatic rings. The summed E-state index contributed by atoms with van der Waals surface area (Å²) >= 11 is 0. The molecule has 0 aliphatic heterocycles. The summed E-state index contributed by atoms with van der Waals surface area (Å²) in [6, 6.07) is 7.77. The van der Waals surface area contributed by atoms with Crippen LogP contribution in [0.4, 0.5) is 5.69 Å². The third-order valence-electron chi connectivity index (χ3n) is 3.91. The molecule has 21 heavy (non-hydrogen) atoms. The standard InChI is InChI=1S/C17H26N2O2/c1-12(2)8-9-21-16-5-3-4-15(11-16)19-17(20)13-6-7-14(18)10-13/h3-5,11-14H,6-10,18H2,1-2H3,(H,19,20). The number of ether oxygens (including phenoxy) is 1. The summed E-state index contributed by atoms with van der Waals surface area (Å²) in [6.45, 7) is 5.05. The van der Waals surface area contributed by atoms with E-state index < -0.39 is 0 Å². The molecule has 1 aliphatic carbocycles. The summed E-state index contributed by atoms with van der Waals surface area (Å²) in [4.78, 5) is 12.2. The summed E-state index contributed by atoms with van der Waals surface area (Å²) in [6.07, 6.45) is 3.64. The second-order valence-electron chi connectivity index (χ2n) is 6.32. The Hall–Kier alpha value is -1.55. The van der Waals surface area contributed by atoms with Crippen molar-refractivity contribution in [2.75, 3.05) is 11.9 Å². The molecular formula is C17H26N2O2. The van der Waals surface area contributed by atoms with E-state index in [-0.39, 0.29) is 17.9 Å². The predicted octanol–water partition coefficient (Wildman–Crippen LogP) is 3.18. The monoisotopic (exact) mass is 290 g/mol. The molecule has 0 saturated heterocycles. The summed E-state index contributed by atoms with van der Waals surface area (Å²) in [5.41, 5.74) is 6.65. The van der Waals surface area contributed by atoms with Gasteiger partial charge >= 0.3 is 0 Å². The molecular weight excluding hydrogens is 264 g/mol. The van der Waals surface area contributed by atoms with Crippen molar-refractivity contribution in [1.29, 1.82) is 0 Å². The van der Waals surface area contributed by atoms with Crippen molar-refractivity contribution in [3.05, 3.63) is 24.3 Å². The Morgan fingerprint density at radius 3 is 2.90 bits per heavy atom. The Balaban J connectivity index is 1.87. The van der Waals surface area contributed by atoms with E-state index in [0.29, 0.717) is 12.5 Å². The van der Waals surface area contributed by atoms with Gasteiger partial charge in [-0.3, -0.25) is 4.79 Å². The number of amides is 1. The van der Waals surface area contributed by atoms with Crippen LogP contribution in [0, 0.1) is 11.8 Å². The minimum atomic E-state index is 0.0468. The summed E-state index contributed by atoms with van der Waals surface area (Å²) in [5, 5.41) is 2.97. The van der Waals surface area contributed by atoms with E-state index in [4.69, 9.17) is 10.5 Å². The van der Waals surface area contributed by atoms with Crippen molar-refractivity contribution in [2.45, 2.75) is 45.6 Å². The SMILES string of the molecule is CC(C)CCOc1cccc(NC(=O)C2CCC(N)C2)c1. The molecule has 4 nitrogen and oxygen atoms in total. The number of hydrogen-bond acceptors (Lipinski definition) is 3. The largest absolute Gasteiger partial charge is 0.494 e. The van der Waals surface area contributed by atoms with Crippen LogP contribution in [0.2, 0.25) is 0 Å². The molecule has 0 aromatic heterocycles. The van der Waals surface area contributed by atoms with E-state index in [1.165, 1.54) is 0 Å². The molecule has 1 amide bonds. The number of anilines is 1. The zero-order chi connectivity index (χ0) is 15.2. The van der Waals surface area contributed by atoms with Gasteiger partial charge in [0.15, 0.2) is 0 Å². The number of hydrogen-bond donors (Lipinski definition) is 2. The zero-order valence-electron chi connectivity index (χ0n) is 13.0. The molecule has 116 valence electrons. The Kier molecular flexibility index (Phi) is 5.62. The Labute approximate surface area is 127 Å². The second-order valence-corrected chi connectivity index (χ2v) is 6.32. The van der Waals surface area contributed by atoms with Crippen LogP contribution < -0.4 is 15.8 Å². The van der Waals surface area contributed by atoms with E-state index in [0.717, 1.165) is 37.1 Å². The smallest absolute Gasteiger partial charge is 0.227 e. The number of nitrogens with one attached hydrogen (secondary N) is 1. The molecule has 0 radical (unpaired) electrons. The molecule has 0 bridgehead atoms. The molecule has 4 heteroatoms. The van der Waals surface area contributed by atoms with E-state index in [2.05, 4.69) is 19.2 Å². The number of benzene rings is 1. The minimum absolute atomic E-state index is 0.0468. The normalized spacial score (nSPS) is 21.5. The van der Waals surface area contributed by atoms with Crippen LogP contribution in [-0.4, -0.2) is 18.6 Å². The van der Waals surface area contributed by atoms with Crippen molar-refractivity contribution < 1.29 is 9.53 Å². The molecule has 1 fully saturated rings. The third kappa shape index (κ3) is 5.05. The topological polar surface area (TPSA) is 64.3 Å². The number of carbonyl (C=O) groups excluding carboxylic acids is 1. The molecule has 1 saturated carbocycles. The van der Waals surface area contributed by atoms with Gasteiger partial charge in [0.05, 0.1) is 6.61 Å². The van der Waals surface area contributed by atoms with Crippen molar-refractivity contribution in [3.8, 4) is 5.75 Å². The van der Waals surface area contributed by atoms with Gasteiger partial charge < -0.3 is 15.8 Å². The lowest BCUT2D eigenvalue weighted by Crippen LogP contribution is -2.23. The highest BCUT2D eigenvalue weighted by atomic mass is 16.5. The number of carbonyl (C=O) groups is 1. The molecule has 0 heterocycles. The van der Waals surface area contributed by atoms with Crippen LogP contribution in [-0.2, 0) is 4.79 Å². The van der Waals surface area contributed by atoms with E-state index >= 15 is 0 Å². The van der Waals surface area contributed by atoms with Gasteiger partial charge in [0.25, 0.3) is 0 Å². The maximum Gasteiger partial charge on any atom is 0.227 e. The average Bonchev–Trinajstić information content (AvgIpc) is 2.85. The third-order valence-corrected chi connectivity index (χ3v) is 3.91. The van der Waals surface area contributed by atoms with Gasteiger partial charge in [0.1, 0.15) is 5.75 Å². The van der Waals surface area contributed by atoms with Gasteiger partial charge in [-0.2, -0.15) is 0 Å². The lowest BCUT2D eigenvalue weighted by Gasteiger charge is -2.12. The van der Waals surface area contributed by atoms with Crippen molar-refractivity contribution in [2.24, 2.45) is 17.6 Å². The van der Waals surface area contributed by atoms with Crippen LogP contribution in [0.25, 0.3) is 0 Å². The molecule has 3 N–H and O–H groups in total. The molecule has 1 aromatic rings. The highest BCUT2D eigenvalue weighted by Gasteiger charge is 2.27. The fraction of sp³-hybridized carbons (Fsp3) is 0.588. The summed E-state index contributed by atoms with van der Waals surface area (Å²) < 4.78 is 5.71. The van der Waals surface area contributed by atoms with Gasteiger partial charge in [-0.15, -0.1) is 0 Å². The first-order chi connectivity index (χ1) is 10.0. The molecule has 1 aromatic carbocycles. The maximum atomic E-state index is 12.2. The Morgan fingerprint density at radius 1 is 1.43 bits per heavy atom. The second kappa shape index (κ2) is 7.46.